The van der Waals surface area contributed by atoms with Crippen molar-refractivity contribution in [1.82, 2.24) is 10.6 Å². The van der Waals surface area contributed by atoms with Gasteiger partial charge in [-0.05, 0) is 89.5 Å². The van der Waals surface area contributed by atoms with Crippen LogP contribution in [-0.4, -0.2) is 22.0 Å². The minimum Gasteiger partial charge on any atom is -0.332 e. The van der Waals surface area contributed by atoms with Crippen molar-refractivity contribution >= 4 is 92.0 Å². The highest BCUT2D eigenvalue weighted by atomic mass is 127. The Labute approximate surface area is 191 Å². The molecule has 0 saturated heterocycles. The maximum Gasteiger partial charge on any atom is 0.258 e. The smallest absolute Gasteiger partial charge is 0.258 e. The summed E-state index contributed by atoms with van der Waals surface area (Å²) in [6, 6.07) is 12.2. The van der Waals surface area contributed by atoms with Gasteiger partial charge in [0.2, 0.25) is 5.91 Å². The van der Waals surface area contributed by atoms with Crippen molar-refractivity contribution in [1.29, 1.82) is 0 Å². The zero-order valence-corrected chi connectivity index (χ0v) is 19.2. The van der Waals surface area contributed by atoms with E-state index in [2.05, 4.69) is 43.9 Å². The summed E-state index contributed by atoms with van der Waals surface area (Å²) in [6.07, 6.45) is 0.348. The Balaban J connectivity index is 1.92. The van der Waals surface area contributed by atoms with Gasteiger partial charge >= 0.3 is 0 Å². The number of carbonyl (C=O) groups excluding carboxylic acids is 2. The van der Waals surface area contributed by atoms with E-state index >= 15 is 0 Å². The Morgan fingerprint density at radius 3 is 2.04 bits per heavy atom. The summed E-state index contributed by atoms with van der Waals surface area (Å²) in [7, 11) is 0. The third-order valence-corrected chi connectivity index (χ3v) is 4.78. The molecule has 0 heterocycles. The lowest BCUT2D eigenvalue weighted by atomic mass is 10.2. The quantitative estimate of drug-likeness (QED) is 0.338. The van der Waals surface area contributed by atoms with Gasteiger partial charge in [0.1, 0.15) is 0 Å². The highest BCUT2D eigenvalue weighted by Gasteiger charge is 2.12. The topological polar surface area (TPSA) is 82.3 Å². The Hall–Kier alpha value is -1.82. The summed E-state index contributed by atoms with van der Waals surface area (Å²) in [5.41, 5.74) is 1.72. The molecule has 0 bridgehead atoms. The highest BCUT2D eigenvalue weighted by molar-refractivity contribution is 14.1. The predicted octanol–water partition coefficient (Wildman–Crippen LogP) is 4.29. The Morgan fingerprint density at radius 1 is 0.964 bits per heavy atom. The molecular weight excluding hydrogens is 531 g/mol. The molecule has 0 aliphatic rings. The first kappa shape index (κ1) is 22.5. The second-order valence-corrected chi connectivity index (χ2v) is 7.93. The molecule has 146 valence electrons. The number of rotatable bonds is 4. The lowest BCUT2D eigenvalue weighted by molar-refractivity contribution is -0.119. The molecule has 0 aromatic heterocycles. The van der Waals surface area contributed by atoms with Gasteiger partial charge in [-0.25, -0.2) is 0 Å². The first-order chi connectivity index (χ1) is 13.3. The van der Waals surface area contributed by atoms with E-state index in [1.54, 1.807) is 43.3 Å². The van der Waals surface area contributed by atoms with Gasteiger partial charge in [0.25, 0.3) is 5.91 Å². The minimum absolute atomic E-state index is 0.145. The molecule has 0 aliphatic heterocycles. The zero-order chi connectivity index (χ0) is 20.7. The molecule has 0 fully saturated rings. The first-order valence-electron chi connectivity index (χ1n) is 8.06. The van der Waals surface area contributed by atoms with E-state index < -0.39 is 5.91 Å². The van der Waals surface area contributed by atoms with Gasteiger partial charge < -0.3 is 16.0 Å². The number of amides is 2. The van der Waals surface area contributed by atoms with Crippen molar-refractivity contribution in [2.75, 3.05) is 10.6 Å². The molecular formula is C18H16ClIN4O2S2. The monoisotopic (exact) mass is 546 g/mol. The average Bonchev–Trinajstić information content (AvgIpc) is 2.64. The number of nitrogens with one attached hydrogen (secondary N) is 4. The third kappa shape index (κ3) is 6.97. The highest BCUT2D eigenvalue weighted by Crippen LogP contribution is 2.19. The van der Waals surface area contributed by atoms with Gasteiger partial charge in [-0.15, -0.1) is 0 Å². The number of carbonyl (C=O) groups is 2. The van der Waals surface area contributed by atoms with Gasteiger partial charge in [0.05, 0.1) is 10.6 Å². The van der Waals surface area contributed by atoms with Crippen LogP contribution in [0.25, 0.3) is 0 Å². The van der Waals surface area contributed by atoms with Crippen LogP contribution >= 0.6 is 58.6 Å². The zero-order valence-electron chi connectivity index (χ0n) is 14.6. The summed E-state index contributed by atoms with van der Waals surface area (Å²) in [5, 5.41) is 11.7. The Morgan fingerprint density at radius 2 is 1.50 bits per heavy atom. The predicted molar refractivity (Wildman–Crippen MR) is 129 cm³/mol. The fourth-order valence-electron chi connectivity index (χ4n) is 2.02. The number of benzene rings is 2. The maximum absolute atomic E-state index is 12.3. The fourth-order valence-corrected chi connectivity index (χ4v) is 3.16. The van der Waals surface area contributed by atoms with Crippen molar-refractivity contribution in [3.8, 4) is 0 Å². The largest absolute Gasteiger partial charge is 0.332 e. The number of hydrogen-bond donors (Lipinski definition) is 4. The van der Waals surface area contributed by atoms with Gasteiger partial charge in [0, 0.05) is 21.4 Å². The molecule has 28 heavy (non-hydrogen) atoms. The molecule has 0 aliphatic carbocycles. The van der Waals surface area contributed by atoms with Gasteiger partial charge in [-0.1, -0.05) is 18.5 Å². The standard InChI is InChI=1S/C18H16ClIN4O2S2/c1-2-15(25)23-17(27)21-11-4-6-12(7-5-11)22-18(28)24-16(26)13-9-10(20)3-8-14(13)19/h3-9H,2H2,1H3,(H2,21,23,25,27)(H2,22,24,26,28). The van der Waals surface area contributed by atoms with Crippen molar-refractivity contribution in [2.24, 2.45) is 0 Å². The number of halogens is 2. The van der Waals surface area contributed by atoms with E-state index in [-0.39, 0.29) is 16.1 Å². The van der Waals surface area contributed by atoms with Gasteiger partial charge in [-0.3, -0.25) is 14.9 Å². The van der Waals surface area contributed by atoms with E-state index in [1.807, 2.05) is 6.07 Å². The molecule has 2 amide bonds. The van der Waals surface area contributed by atoms with Crippen LogP contribution in [-0.2, 0) is 4.79 Å². The SMILES string of the molecule is CCC(=O)NC(=S)Nc1ccc(NC(=S)NC(=O)c2cc(I)ccc2Cl)cc1. The molecule has 0 unspecified atom stereocenters. The molecule has 2 aromatic carbocycles. The molecule has 0 radical (unpaired) electrons. The van der Waals surface area contributed by atoms with Crippen molar-refractivity contribution < 1.29 is 9.59 Å². The fraction of sp³-hybridized carbons (Fsp3) is 0.111. The third-order valence-electron chi connectivity index (χ3n) is 3.37. The molecule has 2 rings (SSSR count). The normalized spacial score (nSPS) is 9.96. The first-order valence-corrected chi connectivity index (χ1v) is 10.3. The van der Waals surface area contributed by atoms with E-state index in [9.17, 15) is 9.59 Å². The van der Waals surface area contributed by atoms with Gasteiger partial charge in [-0.2, -0.15) is 0 Å². The number of hydrogen-bond acceptors (Lipinski definition) is 4. The molecule has 0 spiro atoms. The minimum atomic E-state index is -0.392. The Kier molecular flexibility index (Phi) is 8.55. The molecule has 0 atom stereocenters. The maximum atomic E-state index is 12.3. The summed E-state index contributed by atoms with van der Waals surface area (Å²) in [4.78, 5) is 23.6. The van der Waals surface area contributed by atoms with Crippen LogP contribution in [0.5, 0.6) is 0 Å². The van der Waals surface area contributed by atoms with Crippen molar-refractivity contribution in [2.45, 2.75) is 13.3 Å². The van der Waals surface area contributed by atoms with Gasteiger partial charge in [0.15, 0.2) is 10.2 Å². The Bertz CT molecular complexity index is 922. The number of anilines is 2. The average molecular weight is 547 g/mol. The van der Waals surface area contributed by atoms with Crippen LogP contribution in [0.1, 0.15) is 23.7 Å². The molecule has 10 heteroatoms. The summed E-state index contributed by atoms with van der Waals surface area (Å²) in [6.45, 7) is 1.74. The lowest BCUT2D eigenvalue weighted by Crippen LogP contribution is -2.34. The molecule has 6 nitrogen and oxygen atoms in total. The second-order valence-electron chi connectivity index (χ2n) is 5.47. The van der Waals surface area contributed by atoms with E-state index in [0.29, 0.717) is 28.4 Å². The lowest BCUT2D eigenvalue weighted by Gasteiger charge is -2.12. The van der Waals surface area contributed by atoms with E-state index in [0.717, 1.165) is 3.57 Å². The summed E-state index contributed by atoms with van der Waals surface area (Å²) in [5.74, 6) is -0.554. The van der Waals surface area contributed by atoms with Crippen LogP contribution in [0.3, 0.4) is 0 Å². The molecule has 0 saturated carbocycles. The van der Waals surface area contributed by atoms with Crippen LogP contribution in [0.15, 0.2) is 42.5 Å². The second kappa shape index (κ2) is 10.6. The van der Waals surface area contributed by atoms with Crippen molar-refractivity contribution in [3.05, 3.63) is 56.6 Å². The summed E-state index contributed by atoms with van der Waals surface area (Å²) >= 11 is 18.4. The summed E-state index contributed by atoms with van der Waals surface area (Å²) < 4.78 is 0.891. The molecule has 2 aromatic rings. The van der Waals surface area contributed by atoms with E-state index in [4.69, 9.17) is 36.0 Å². The van der Waals surface area contributed by atoms with E-state index in [1.165, 1.54) is 0 Å². The van der Waals surface area contributed by atoms with Crippen LogP contribution in [0.2, 0.25) is 5.02 Å². The molecule has 4 N–H and O–H groups in total. The van der Waals surface area contributed by atoms with Crippen molar-refractivity contribution in [3.63, 3.8) is 0 Å². The van der Waals surface area contributed by atoms with Crippen LogP contribution < -0.4 is 21.3 Å². The van der Waals surface area contributed by atoms with Crippen LogP contribution in [0.4, 0.5) is 11.4 Å². The number of thiocarbonyl (C=S) groups is 2. The van der Waals surface area contributed by atoms with Crippen LogP contribution in [0, 0.1) is 3.57 Å².